The normalized spacial score (nSPS) is 13.2. The molecule has 24 heavy (non-hydrogen) atoms. The molecule has 2 unspecified atom stereocenters. The summed E-state index contributed by atoms with van der Waals surface area (Å²) in [5.74, 6) is -0.429. The molecule has 0 aliphatic rings. The summed E-state index contributed by atoms with van der Waals surface area (Å²) in [7, 11) is 3.21. The highest BCUT2D eigenvalue weighted by Gasteiger charge is 2.23. The minimum atomic E-state index is -0.918. The van der Waals surface area contributed by atoms with E-state index in [1.165, 1.54) is 4.90 Å². The minimum absolute atomic E-state index is 0.154. The lowest BCUT2D eigenvalue weighted by atomic mass is 9.96. The number of benzene rings is 1. The predicted molar refractivity (Wildman–Crippen MR) is 93.2 cm³/mol. The topological polar surface area (TPSA) is 78.9 Å². The summed E-state index contributed by atoms with van der Waals surface area (Å²) in [6.45, 7) is 5.91. The molecule has 0 bridgehead atoms. The third-order valence-electron chi connectivity index (χ3n) is 3.84. The largest absolute Gasteiger partial charge is 0.496 e. The Hall–Kier alpha value is -2.24. The summed E-state index contributed by atoms with van der Waals surface area (Å²) >= 11 is 0. The predicted octanol–water partition coefficient (Wildman–Crippen LogP) is 3.14. The van der Waals surface area contributed by atoms with E-state index >= 15 is 0 Å². The molecule has 134 valence electrons. The molecule has 2 amide bonds. The number of nitrogens with zero attached hydrogens (tertiary/aromatic N) is 1. The molecule has 0 aliphatic heterocycles. The maximum Gasteiger partial charge on any atom is 0.317 e. The Labute approximate surface area is 143 Å². The molecule has 0 heterocycles. The van der Waals surface area contributed by atoms with Gasteiger partial charge in [-0.05, 0) is 18.4 Å². The van der Waals surface area contributed by atoms with Gasteiger partial charge in [0.25, 0.3) is 0 Å². The first-order chi connectivity index (χ1) is 11.3. The van der Waals surface area contributed by atoms with Gasteiger partial charge < -0.3 is 20.1 Å². The summed E-state index contributed by atoms with van der Waals surface area (Å²) in [4.78, 5) is 24.8. The van der Waals surface area contributed by atoms with Gasteiger partial charge in [0.05, 0.1) is 19.1 Å². The summed E-state index contributed by atoms with van der Waals surface area (Å²) in [6.07, 6.45) is 0.758. The van der Waals surface area contributed by atoms with Gasteiger partial charge in [0, 0.05) is 19.2 Å². The Kier molecular flexibility index (Phi) is 7.55. The third-order valence-corrected chi connectivity index (χ3v) is 3.84. The van der Waals surface area contributed by atoms with Crippen LogP contribution in [-0.4, -0.2) is 42.7 Å². The fraction of sp³-hybridized carbons (Fsp3) is 0.556. The molecular formula is C18H28N2O4. The van der Waals surface area contributed by atoms with Gasteiger partial charge in [0.15, 0.2) is 0 Å². The SMILES string of the molecule is COc1ccccc1C(CC(C)C)NC(=O)N(C)CC(C)C(=O)O. The van der Waals surface area contributed by atoms with Crippen LogP contribution < -0.4 is 10.1 Å². The Bertz CT molecular complexity index is 560. The molecule has 0 fully saturated rings. The second-order valence-corrected chi connectivity index (χ2v) is 6.49. The second kappa shape index (κ2) is 9.15. The fourth-order valence-corrected chi connectivity index (χ4v) is 2.52. The number of hydrogen-bond donors (Lipinski definition) is 2. The number of ether oxygens (including phenoxy) is 1. The van der Waals surface area contributed by atoms with Crippen molar-refractivity contribution in [2.45, 2.75) is 33.2 Å². The Morgan fingerprint density at radius 1 is 1.25 bits per heavy atom. The highest BCUT2D eigenvalue weighted by atomic mass is 16.5. The van der Waals surface area contributed by atoms with Gasteiger partial charge >= 0.3 is 12.0 Å². The summed E-state index contributed by atoms with van der Waals surface area (Å²) in [5, 5.41) is 12.0. The quantitative estimate of drug-likeness (QED) is 0.764. The molecular weight excluding hydrogens is 308 g/mol. The number of aliphatic carboxylic acids is 1. The number of hydrogen-bond acceptors (Lipinski definition) is 3. The van der Waals surface area contributed by atoms with E-state index in [1.807, 2.05) is 24.3 Å². The molecule has 0 radical (unpaired) electrons. The zero-order valence-electron chi connectivity index (χ0n) is 15.1. The number of urea groups is 1. The molecule has 0 aliphatic carbocycles. The number of rotatable bonds is 8. The van der Waals surface area contributed by atoms with Crippen LogP contribution in [0.25, 0.3) is 0 Å². The summed E-state index contributed by atoms with van der Waals surface area (Å²) in [6, 6.07) is 7.11. The van der Waals surface area contributed by atoms with Crippen LogP contribution in [0, 0.1) is 11.8 Å². The van der Waals surface area contributed by atoms with E-state index in [0.717, 1.165) is 17.7 Å². The van der Waals surface area contributed by atoms with E-state index in [0.29, 0.717) is 5.92 Å². The van der Waals surface area contributed by atoms with Crippen molar-refractivity contribution in [3.05, 3.63) is 29.8 Å². The van der Waals surface area contributed by atoms with Gasteiger partial charge in [-0.2, -0.15) is 0 Å². The van der Waals surface area contributed by atoms with Gasteiger partial charge in [-0.15, -0.1) is 0 Å². The van der Waals surface area contributed by atoms with Crippen molar-refractivity contribution in [2.24, 2.45) is 11.8 Å². The number of nitrogens with one attached hydrogen (secondary N) is 1. The Morgan fingerprint density at radius 2 is 1.88 bits per heavy atom. The molecule has 0 spiro atoms. The van der Waals surface area contributed by atoms with Crippen molar-refractivity contribution >= 4 is 12.0 Å². The number of carbonyl (C=O) groups excluding carboxylic acids is 1. The zero-order chi connectivity index (χ0) is 18.3. The highest BCUT2D eigenvalue weighted by molar-refractivity contribution is 5.76. The number of amides is 2. The highest BCUT2D eigenvalue weighted by Crippen LogP contribution is 2.29. The monoisotopic (exact) mass is 336 g/mol. The van der Waals surface area contributed by atoms with Crippen LogP contribution in [0.5, 0.6) is 5.75 Å². The lowest BCUT2D eigenvalue weighted by molar-refractivity contribution is -0.141. The molecule has 1 aromatic carbocycles. The average Bonchev–Trinajstić information content (AvgIpc) is 2.53. The van der Waals surface area contributed by atoms with Gasteiger partial charge in [0.1, 0.15) is 5.75 Å². The van der Waals surface area contributed by atoms with Crippen molar-refractivity contribution in [3.63, 3.8) is 0 Å². The van der Waals surface area contributed by atoms with Crippen LogP contribution in [-0.2, 0) is 4.79 Å². The van der Waals surface area contributed by atoms with Crippen LogP contribution in [0.4, 0.5) is 4.79 Å². The van der Waals surface area contributed by atoms with Gasteiger partial charge in [-0.25, -0.2) is 4.79 Å². The van der Waals surface area contributed by atoms with Crippen LogP contribution >= 0.6 is 0 Å². The minimum Gasteiger partial charge on any atom is -0.496 e. The van der Waals surface area contributed by atoms with E-state index in [4.69, 9.17) is 9.84 Å². The van der Waals surface area contributed by atoms with Crippen LogP contribution in [0.15, 0.2) is 24.3 Å². The fourth-order valence-electron chi connectivity index (χ4n) is 2.52. The number of para-hydroxylation sites is 1. The number of carbonyl (C=O) groups is 2. The van der Waals surface area contributed by atoms with Crippen molar-refractivity contribution in [1.82, 2.24) is 10.2 Å². The smallest absolute Gasteiger partial charge is 0.317 e. The van der Waals surface area contributed by atoms with Gasteiger partial charge in [-0.3, -0.25) is 4.79 Å². The number of methoxy groups -OCH3 is 1. The first-order valence-electron chi connectivity index (χ1n) is 8.13. The summed E-state index contributed by atoms with van der Waals surface area (Å²) in [5.41, 5.74) is 0.918. The van der Waals surface area contributed by atoms with E-state index in [-0.39, 0.29) is 18.6 Å². The molecule has 6 nitrogen and oxygen atoms in total. The molecule has 0 saturated heterocycles. The van der Waals surface area contributed by atoms with Crippen molar-refractivity contribution in [2.75, 3.05) is 20.7 Å². The van der Waals surface area contributed by atoms with Crippen LogP contribution in [0.3, 0.4) is 0 Å². The first kappa shape index (κ1) is 19.8. The molecule has 0 saturated carbocycles. The molecule has 6 heteroatoms. The lowest BCUT2D eigenvalue weighted by Gasteiger charge is -2.27. The Morgan fingerprint density at radius 3 is 2.42 bits per heavy atom. The van der Waals surface area contributed by atoms with Crippen molar-refractivity contribution in [1.29, 1.82) is 0 Å². The van der Waals surface area contributed by atoms with Crippen LogP contribution in [0.2, 0.25) is 0 Å². The van der Waals surface area contributed by atoms with Crippen molar-refractivity contribution in [3.8, 4) is 5.75 Å². The van der Waals surface area contributed by atoms with Crippen molar-refractivity contribution < 1.29 is 19.4 Å². The van der Waals surface area contributed by atoms with E-state index in [1.54, 1.807) is 21.1 Å². The van der Waals surface area contributed by atoms with Crippen LogP contribution in [0.1, 0.15) is 38.8 Å². The second-order valence-electron chi connectivity index (χ2n) is 6.49. The number of carboxylic acids is 1. The summed E-state index contributed by atoms with van der Waals surface area (Å²) < 4.78 is 5.40. The lowest BCUT2D eigenvalue weighted by Crippen LogP contribution is -2.42. The standard InChI is InChI=1S/C18H28N2O4/c1-12(2)10-15(14-8-6-7-9-16(14)24-5)19-18(23)20(4)11-13(3)17(21)22/h6-9,12-13,15H,10-11H2,1-5H3,(H,19,23)(H,21,22). The number of carboxylic acid groups (broad SMARTS) is 1. The maximum atomic E-state index is 12.4. The van der Waals surface area contributed by atoms with Gasteiger partial charge in [0.2, 0.25) is 0 Å². The zero-order valence-corrected chi connectivity index (χ0v) is 15.1. The molecule has 2 N–H and O–H groups in total. The molecule has 0 aromatic heterocycles. The molecule has 2 atom stereocenters. The third kappa shape index (κ3) is 5.76. The Balaban J connectivity index is 2.90. The first-order valence-corrected chi connectivity index (χ1v) is 8.13. The van der Waals surface area contributed by atoms with E-state index < -0.39 is 11.9 Å². The maximum absolute atomic E-state index is 12.4. The average molecular weight is 336 g/mol. The molecule has 1 aromatic rings. The molecule has 1 rings (SSSR count). The van der Waals surface area contributed by atoms with E-state index in [9.17, 15) is 9.59 Å². The van der Waals surface area contributed by atoms with E-state index in [2.05, 4.69) is 19.2 Å². The van der Waals surface area contributed by atoms with Gasteiger partial charge in [-0.1, -0.05) is 39.0 Å².